The van der Waals surface area contributed by atoms with Crippen molar-refractivity contribution >= 4 is 22.8 Å². The lowest BCUT2D eigenvalue weighted by Gasteiger charge is -2.29. The molecule has 220 valence electrons. The van der Waals surface area contributed by atoms with Gasteiger partial charge in [-0.2, -0.15) is 0 Å². The lowest BCUT2D eigenvalue weighted by atomic mass is 9.91. The van der Waals surface area contributed by atoms with Gasteiger partial charge in [0.25, 0.3) is 12.3 Å². The van der Waals surface area contributed by atoms with Gasteiger partial charge in [-0.25, -0.2) is 27.5 Å². The Morgan fingerprint density at radius 1 is 1.07 bits per heavy atom. The van der Waals surface area contributed by atoms with Crippen molar-refractivity contribution in [3.63, 3.8) is 0 Å². The number of hydrogen-bond acceptors (Lipinski definition) is 5. The Morgan fingerprint density at radius 2 is 1.76 bits per heavy atom. The molecule has 0 radical (unpaired) electrons. The third-order valence-electron chi connectivity index (χ3n) is 8.13. The minimum Gasteiger partial charge on any atom is -0.492 e. The first-order valence-corrected chi connectivity index (χ1v) is 13.9. The van der Waals surface area contributed by atoms with E-state index in [9.17, 15) is 27.2 Å². The van der Waals surface area contributed by atoms with Gasteiger partial charge in [-0.05, 0) is 63.6 Å². The molecule has 0 spiro atoms. The van der Waals surface area contributed by atoms with E-state index in [-0.39, 0.29) is 53.1 Å². The third kappa shape index (κ3) is 6.01. The second-order valence-electron chi connectivity index (χ2n) is 11.0. The monoisotopic (exact) mass is 575 g/mol. The van der Waals surface area contributed by atoms with E-state index in [4.69, 9.17) is 4.74 Å². The number of alkyl halides is 4. The molecule has 0 unspecified atom stereocenters. The zero-order chi connectivity index (χ0) is 29.3. The predicted molar refractivity (Wildman–Crippen MR) is 144 cm³/mol. The van der Waals surface area contributed by atoms with Crippen molar-refractivity contribution in [2.75, 3.05) is 6.61 Å². The first-order chi connectivity index (χ1) is 19.6. The summed E-state index contributed by atoms with van der Waals surface area (Å²) in [4.78, 5) is 36.9. The highest BCUT2D eigenvalue weighted by Gasteiger charge is 2.52. The van der Waals surface area contributed by atoms with Gasteiger partial charge in [-0.3, -0.25) is 9.59 Å². The molecule has 0 saturated heterocycles. The van der Waals surface area contributed by atoms with Crippen LogP contribution in [-0.4, -0.2) is 51.9 Å². The van der Waals surface area contributed by atoms with Crippen LogP contribution in [0.3, 0.4) is 0 Å². The summed E-state index contributed by atoms with van der Waals surface area (Å²) in [6.07, 6.45) is -0.0559. The Balaban J connectivity index is 1.41. The molecule has 2 saturated carbocycles. The van der Waals surface area contributed by atoms with Crippen LogP contribution >= 0.6 is 0 Å². The van der Waals surface area contributed by atoms with Gasteiger partial charge in [-0.1, -0.05) is 6.92 Å². The van der Waals surface area contributed by atoms with Gasteiger partial charge in [-0.15, -0.1) is 0 Å². The van der Waals surface area contributed by atoms with E-state index in [0.717, 1.165) is 12.8 Å². The maximum Gasteiger partial charge on any atom is 0.263 e. The second-order valence-corrected chi connectivity index (χ2v) is 11.0. The van der Waals surface area contributed by atoms with Crippen molar-refractivity contribution in [1.29, 1.82) is 0 Å². The number of H-pyrrole nitrogens is 1. The Hall–Kier alpha value is -3.70. The zero-order valence-corrected chi connectivity index (χ0v) is 22.9. The maximum absolute atomic E-state index is 13.6. The number of nitrogens with one attached hydrogen (secondary N) is 3. The number of amides is 2. The molecule has 12 heteroatoms. The number of nitrogens with zero attached hydrogens (tertiary/aromatic N) is 2. The zero-order valence-electron chi connectivity index (χ0n) is 22.9. The Morgan fingerprint density at radius 3 is 2.37 bits per heavy atom. The van der Waals surface area contributed by atoms with Gasteiger partial charge >= 0.3 is 0 Å². The van der Waals surface area contributed by atoms with Gasteiger partial charge in [0, 0.05) is 35.3 Å². The average molecular weight is 576 g/mol. The quantitative estimate of drug-likeness (QED) is 0.262. The molecule has 2 aliphatic carbocycles. The van der Waals surface area contributed by atoms with Crippen molar-refractivity contribution < 1.29 is 31.9 Å². The van der Waals surface area contributed by atoms with E-state index < -0.39 is 18.3 Å². The number of halogens is 4. The standard InChI is InChI=1S/C29H33F4N5O3/c1-3-21(39)37-17-5-7-18(8-6-17)38-27(40)22-15(2)36-25-23(34-14-35-24(22)25)19-12-16(26(30)31)4-9-20(19)41-13-29(10-11-29)28(32)33/h4,9,12,14,17-18,26,28,36H,3,5-8,10-11,13H2,1-2H3,(H,37,39)(H,38,40). The van der Waals surface area contributed by atoms with Gasteiger partial charge in [0.2, 0.25) is 12.3 Å². The number of aromatic amines is 1. The molecule has 1 aromatic carbocycles. The smallest absolute Gasteiger partial charge is 0.263 e. The fourth-order valence-corrected chi connectivity index (χ4v) is 5.37. The molecule has 0 atom stereocenters. The lowest BCUT2D eigenvalue weighted by molar-refractivity contribution is -0.121. The van der Waals surface area contributed by atoms with Gasteiger partial charge in [0.15, 0.2) is 0 Å². The molecule has 8 nitrogen and oxygen atoms in total. The van der Waals surface area contributed by atoms with Crippen molar-refractivity contribution in [3.8, 4) is 17.0 Å². The molecular formula is C29H33F4N5O3. The first kappa shape index (κ1) is 28.8. The summed E-state index contributed by atoms with van der Waals surface area (Å²) < 4.78 is 60.1. The Kier molecular flexibility index (Phi) is 8.19. The predicted octanol–water partition coefficient (Wildman–Crippen LogP) is 5.86. The molecule has 2 heterocycles. The molecule has 41 heavy (non-hydrogen) atoms. The van der Waals surface area contributed by atoms with Crippen LogP contribution in [-0.2, 0) is 4.79 Å². The molecule has 0 bridgehead atoms. The van der Waals surface area contributed by atoms with Crippen molar-refractivity contribution in [2.45, 2.75) is 83.7 Å². The highest BCUT2D eigenvalue weighted by molar-refractivity contribution is 6.09. The van der Waals surface area contributed by atoms with E-state index in [0.29, 0.717) is 54.4 Å². The summed E-state index contributed by atoms with van der Waals surface area (Å²) in [6, 6.07) is 3.79. The summed E-state index contributed by atoms with van der Waals surface area (Å²) in [5.41, 5.74) is 0.415. The van der Waals surface area contributed by atoms with E-state index in [2.05, 4.69) is 25.6 Å². The summed E-state index contributed by atoms with van der Waals surface area (Å²) >= 11 is 0. The van der Waals surface area contributed by atoms with E-state index in [1.807, 2.05) is 0 Å². The first-order valence-electron chi connectivity index (χ1n) is 13.9. The molecule has 3 N–H and O–H groups in total. The van der Waals surface area contributed by atoms with E-state index in [1.54, 1.807) is 13.8 Å². The summed E-state index contributed by atoms with van der Waals surface area (Å²) in [7, 11) is 0. The number of carbonyl (C=O) groups is 2. The summed E-state index contributed by atoms with van der Waals surface area (Å²) in [5, 5.41) is 6.06. The number of hydrogen-bond donors (Lipinski definition) is 3. The van der Waals surface area contributed by atoms with E-state index in [1.165, 1.54) is 24.5 Å². The Labute approximate surface area is 234 Å². The van der Waals surface area contributed by atoms with Crippen molar-refractivity contribution in [2.24, 2.45) is 5.41 Å². The fraction of sp³-hybridized carbons (Fsp3) is 0.517. The molecular weight excluding hydrogens is 542 g/mol. The van der Waals surface area contributed by atoms with Crippen LogP contribution in [0.2, 0.25) is 0 Å². The lowest BCUT2D eigenvalue weighted by Crippen LogP contribution is -2.43. The van der Waals surface area contributed by atoms with Crippen LogP contribution < -0.4 is 15.4 Å². The van der Waals surface area contributed by atoms with Crippen LogP contribution in [0.5, 0.6) is 5.75 Å². The molecule has 2 aliphatic rings. The minimum atomic E-state index is -2.77. The summed E-state index contributed by atoms with van der Waals surface area (Å²) in [5.74, 6) is -0.174. The minimum absolute atomic E-state index is 0.0103. The van der Waals surface area contributed by atoms with Crippen LogP contribution in [0.25, 0.3) is 22.3 Å². The largest absolute Gasteiger partial charge is 0.492 e. The number of aromatic nitrogens is 3. The van der Waals surface area contributed by atoms with Crippen LogP contribution in [0.4, 0.5) is 17.6 Å². The maximum atomic E-state index is 13.6. The van der Waals surface area contributed by atoms with Crippen LogP contribution in [0.1, 0.15) is 79.9 Å². The topological polar surface area (TPSA) is 109 Å². The summed E-state index contributed by atoms with van der Waals surface area (Å²) in [6.45, 7) is 3.27. The molecule has 3 aromatic rings. The number of benzene rings is 1. The van der Waals surface area contributed by atoms with Crippen LogP contribution in [0.15, 0.2) is 24.5 Å². The van der Waals surface area contributed by atoms with Crippen molar-refractivity contribution in [3.05, 3.63) is 41.3 Å². The number of ether oxygens (including phenoxy) is 1. The SMILES string of the molecule is CCC(=O)NC1CCC(NC(=O)c2c(C)[nH]c3c(-c4cc(C(F)F)ccc4OCC4(C(F)F)CC4)ncnc23)CC1. The average Bonchev–Trinajstić information content (AvgIpc) is 3.67. The van der Waals surface area contributed by atoms with Crippen molar-refractivity contribution in [1.82, 2.24) is 25.6 Å². The Bertz CT molecular complexity index is 1430. The van der Waals surface area contributed by atoms with Gasteiger partial charge < -0.3 is 20.4 Å². The third-order valence-corrected chi connectivity index (χ3v) is 8.13. The van der Waals surface area contributed by atoms with Gasteiger partial charge in [0.1, 0.15) is 23.3 Å². The highest BCUT2D eigenvalue weighted by atomic mass is 19.3. The molecule has 5 rings (SSSR count). The second kappa shape index (κ2) is 11.7. The number of carbonyl (C=O) groups excluding carboxylic acids is 2. The molecule has 2 amide bonds. The van der Waals surface area contributed by atoms with E-state index >= 15 is 0 Å². The normalized spacial score (nSPS) is 19.9. The number of aryl methyl sites for hydroxylation is 1. The number of rotatable bonds is 10. The van der Waals surface area contributed by atoms with Gasteiger partial charge in [0.05, 0.1) is 23.1 Å². The fourth-order valence-electron chi connectivity index (χ4n) is 5.37. The molecule has 2 fully saturated rings. The highest BCUT2D eigenvalue weighted by Crippen LogP contribution is 2.51. The molecule has 0 aliphatic heterocycles. The van der Waals surface area contributed by atoms with Crippen LogP contribution in [0, 0.1) is 12.3 Å². The number of fused-ring (bicyclic) bond motifs is 1. The molecule has 2 aromatic heterocycles.